The van der Waals surface area contributed by atoms with Crippen molar-refractivity contribution in [2.45, 2.75) is 65.3 Å². The summed E-state index contributed by atoms with van der Waals surface area (Å²) in [4.78, 5) is 16.3. The summed E-state index contributed by atoms with van der Waals surface area (Å²) in [6.07, 6.45) is 2.94. The maximum atomic E-state index is 12.1. The van der Waals surface area contributed by atoms with Gasteiger partial charge in [-0.25, -0.2) is 9.78 Å². The Bertz CT molecular complexity index is 771. The molecule has 1 fully saturated rings. The number of nitrogens with zero attached hydrogens (tertiary/aromatic N) is 1. The molecule has 1 amide bonds. The van der Waals surface area contributed by atoms with Crippen LogP contribution in [0.2, 0.25) is 0 Å². The van der Waals surface area contributed by atoms with E-state index in [1.807, 2.05) is 54.5 Å². The lowest BCUT2D eigenvalue weighted by Gasteiger charge is -2.32. The van der Waals surface area contributed by atoms with Crippen molar-refractivity contribution in [2.24, 2.45) is 0 Å². The Labute approximate surface area is 173 Å². The van der Waals surface area contributed by atoms with Crippen molar-refractivity contribution in [1.29, 1.82) is 0 Å². The molecule has 2 heterocycles. The Morgan fingerprint density at radius 2 is 1.86 bits per heavy atom. The van der Waals surface area contributed by atoms with Crippen LogP contribution in [0.15, 0.2) is 17.7 Å². The molecule has 160 valence electrons. The minimum atomic E-state index is -0.640. The highest BCUT2D eigenvalue weighted by molar-refractivity contribution is 6.56. The summed E-state index contributed by atoms with van der Waals surface area (Å²) in [6, 6.07) is 1.76. The second kappa shape index (κ2) is 8.24. The van der Waals surface area contributed by atoms with E-state index < -0.39 is 30.0 Å². The van der Waals surface area contributed by atoms with E-state index in [0.717, 1.165) is 5.56 Å². The lowest BCUT2D eigenvalue weighted by atomic mass is 9.77. The van der Waals surface area contributed by atoms with Gasteiger partial charge in [-0.05, 0) is 65.6 Å². The fraction of sp³-hybridized carbons (Fsp3) is 0.600. The van der Waals surface area contributed by atoms with Crippen LogP contribution in [-0.2, 0) is 14.0 Å². The predicted octanol–water partition coefficient (Wildman–Crippen LogP) is 3.21. The SMILES string of the molecule is COc1cc(C=C(CNC(=O)OC(C)(C)C)B2OC(C)(C)C(C)(C)O2)cnc1N. The van der Waals surface area contributed by atoms with Gasteiger partial charge in [-0.15, -0.1) is 0 Å². The van der Waals surface area contributed by atoms with Gasteiger partial charge in [0.15, 0.2) is 11.6 Å². The monoisotopic (exact) mass is 405 g/mol. The molecule has 29 heavy (non-hydrogen) atoms. The fourth-order valence-electron chi connectivity index (χ4n) is 2.61. The van der Waals surface area contributed by atoms with E-state index in [0.29, 0.717) is 17.0 Å². The number of hydrogen-bond donors (Lipinski definition) is 2. The fourth-order valence-corrected chi connectivity index (χ4v) is 2.61. The molecule has 8 nitrogen and oxygen atoms in total. The Hall–Kier alpha value is -2.26. The van der Waals surface area contributed by atoms with Crippen molar-refractivity contribution >= 4 is 25.1 Å². The first-order valence-corrected chi connectivity index (χ1v) is 9.56. The molecule has 0 spiro atoms. The molecular weight excluding hydrogens is 373 g/mol. The van der Waals surface area contributed by atoms with Crippen LogP contribution in [0.4, 0.5) is 10.6 Å². The van der Waals surface area contributed by atoms with Gasteiger partial charge in [0.1, 0.15) is 5.60 Å². The summed E-state index contributed by atoms with van der Waals surface area (Å²) in [5.74, 6) is 0.765. The minimum absolute atomic E-state index is 0.179. The third-order valence-electron chi connectivity index (χ3n) is 4.87. The van der Waals surface area contributed by atoms with Crippen LogP contribution < -0.4 is 15.8 Å². The number of nitrogens with two attached hydrogens (primary N) is 1. The van der Waals surface area contributed by atoms with Crippen LogP contribution in [0, 0.1) is 0 Å². The highest BCUT2D eigenvalue weighted by atomic mass is 16.7. The molecule has 1 aromatic rings. The smallest absolute Gasteiger partial charge is 0.492 e. The topological polar surface area (TPSA) is 105 Å². The molecule has 1 saturated heterocycles. The van der Waals surface area contributed by atoms with E-state index in [-0.39, 0.29) is 6.54 Å². The number of nitrogens with one attached hydrogen (secondary N) is 1. The van der Waals surface area contributed by atoms with E-state index in [4.69, 9.17) is 24.5 Å². The largest absolute Gasteiger partial charge is 0.493 e. The van der Waals surface area contributed by atoms with Crippen LogP contribution in [0.1, 0.15) is 54.0 Å². The third kappa shape index (κ3) is 5.87. The van der Waals surface area contributed by atoms with Crippen molar-refractivity contribution in [1.82, 2.24) is 10.3 Å². The highest BCUT2D eigenvalue weighted by Gasteiger charge is 2.52. The van der Waals surface area contributed by atoms with E-state index in [9.17, 15) is 4.79 Å². The lowest BCUT2D eigenvalue weighted by molar-refractivity contribution is 0.00578. The van der Waals surface area contributed by atoms with Gasteiger partial charge >= 0.3 is 13.2 Å². The number of carbonyl (C=O) groups is 1. The number of rotatable bonds is 5. The van der Waals surface area contributed by atoms with Gasteiger partial charge in [0.2, 0.25) is 0 Å². The molecule has 0 unspecified atom stereocenters. The summed E-state index contributed by atoms with van der Waals surface area (Å²) >= 11 is 0. The molecule has 0 aromatic carbocycles. The molecule has 2 rings (SSSR count). The number of ether oxygens (including phenoxy) is 2. The number of anilines is 1. The van der Waals surface area contributed by atoms with Crippen molar-refractivity contribution in [2.75, 3.05) is 19.4 Å². The van der Waals surface area contributed by atoms with Gasteiger partial charge in [-0.1, -0.05) is 6.08 Å². The number of pyridine rings is 1. The van der Waals surface area contributed by atoms with Gasteiger partial charge in [0, 0.05) is 12.7 Å². The molecule has 1 aliphatic heterocycles. The molecule has 3 N–H and O–H groups in total. The second-order valence-electron chi connectivity index (χ2n) is 9.02. The maximum absolute atomic E-state index is 12.1. The molecule has 0 atom stereocenters. The molecule has 0 aliphatic carbocycles. The highest BCUT2D eigenvalue weighted by Crippen LogP contribution is 2.38. The summed E-state index contributed by atoms with van der Waals surface area (Å²) < 4.78 is 22.9. The maximum Gasteiger partial charge on any atom is 0.492 e. The van der Waals surface area contributed by atoms with E-state index >= 15 is 0 Å². The van der Waals surface area contributed by atoms with Gasteiger partial charge < -0.3 is 29.8 Å². The molecule has 0 saturated carbocycles. The zero-order valence-electron chi connectivity index (χ0n) is 18.6. The normalized spacial score (nSPS) is 18.5. The summed E-state index contributed by atoms with van der Waals surface area (Å²) in [5.41, 5.74) is 5.64. The predicted molar refractivity (Wildman–Crippen MR) is 113 cm³/mol. The minimum Gasteiger partial charge on any atom is -0.493 e. The van der Waals surface area contributed by atoms with Gasteiger partial charge in [-0.3, -0.25) is 0 Å². The van der Waals surface area contributed by atoms with Crippen molar-refractivity contribution in [3.05, 3.63) is 23.3 Å². The van der Waals surface area contributed by atoms with E-state index in [1.54, 1.807) is 12.3 Å². The van der Waals surface area contributed by atoms with E-state index in [1.165, 1.54) is 7.11 Å². The van der Waals surface area contributed by atoms with Crippen molar-refractivity contribution in [3.63, 3.8) is 0 Å². The van der Waals surface area contributed by atoms with Gasteiger partial charge in [-0.2, -0.15) is 0 Å². The van der Waals surface area contributed by atoms with Crippen molar-refractivity contribution in [3.8, 4) is 5.75 Å². The number of alkyl carbamates (subject to hydrolysis) is 1. The number of methoxy groups -OCH3 is 1. The lowest BCUT2D eigenvalue weighted by Crippen LogP contribution is -2.41. The first kappa shape index (κ1) is 23.0. The second-order valence-corrected chi connectivity index (χ2v) is 9.02. The third-order valence-corrected chi connectivity index (χ3v) is 4.87. The first-order valence-electron chi connectivity index (χ1n) is 9.56. The number of nitrogen functional groups attached to an aromatic ring is 1. The summed E-state index contributed by atoms with van der Waals surface area (Å²) in [5, 5.41) is 2.77. The molecule has 0 bridgehead atoms. The average Bonchev–Trinajstić information content (AvgIpc) is 2.79. The molecular formula is C20H32BN3O5. The van der Waals surface area contributed by atoms with E-state index in [2.05, 4.69) is 10.3 Å². The quantitative estimate of drug-likeness (QED) is 0.725. The zero-order valence-corrected chi connectivity index (χ0v) is 18.6. The average molecular weight is 405 g/mol. The Kier molecular flexibility index (Phi) is 6.54. The van der Waals surface area contributed by atoms with Crippen LogP contribution in [-0.4, -0.2) is 48.7 Å². The zero-order chi connectivity index (χ0) is 22.0. The van der Waals surface area contributed by atoms with Crippen LogP contribution >= 0.6 is 0 Å². The molecule has 9 heteroatoms. The Balaban J connectivity index is 2.30. The van der Waals surface area contributed by atoms with Gasteiger partial charge in [0.25, 0.3) is 0 Å². The Morgan fingerprint density at radius 3 is 2.38 bits per heavy atom. The molecule has 1 aromatic heterocycles. The number of amides is 1. The summed E-state index contributed by atoms with van der Waals surface area (Å²) in [7, 11) is 0.888. The van der Waals surface area contributed by atoms with Gasteiger partial charge in [0.05, 0.1) is 18.3 Å². The molecule has 0 radical (unpaired) electrons. The van der Waals surface area contributed by atoms with Crippen LogP contribution in [0.25, 0.3) is 6.08 Å². The van der Waals surface area contributed by atoms with Crippen LogP contribution in [0.5, 0.6) is 5.75 Å². The molecule has 1 aliphatic rings. The van der Waals surface area contributed by atoms with Crippen LogP contribution in [0.3, 0.4) is 0 Å². The Morgan fingerprint density at radius 1 is 1.28 bits per heavy atom. The number of aromatic nitrogens is 1. The number of hydrogen-bond acceptors (Lipinski definition) is 7. The number of carbonyl (C=O) groups excluding carboxylic acids is 1. The first-order chi connectivity index (χ1) is 13.2. The van der Waals surface area contributed by atoms with Crippen molar-refractivity contribution < 1.29 is 23.6 Å². The standard InChI is InChI=1S/C20H32BN3O5/c1-18(2,3)27-17(25)24-12-14(21-28-19(4,5)20(6,7)29-21)9-13-10-15(26-8)16(22)23-11-13/h9-11H,12H2,1-8H3,(H2,22,23)(H,24,25). The summed E-state index contributed by atoms with van der Waals surface area (Å²) in [6.45, 7) is 13.5.